The van der Waals surface area contributed by atoms with Gasteiger partial charge in [0.15, 0.2) is 0 Å². The maximum Gasteiger partial charge on any atom is 0.138 e. The van der Waals surface area contributed by atoms with Gasteiger partial charge in [-0.15, -0.1) is 0 Å². The minimum atomic E-state index is -0.527. The van der Waals surface area contributed by atoms with Gasteiger partial charge in [-0.05, 0) is 47.5 Å². The monoisotopic (exact) mass is 441 g/mol. The zero-order chi connectivity index (χ0) is 16.8. The number of ether oxygens (including phenoxy) is 1. The van der Waals surface area contributed by atoms with E-state index in [1.165, 1.54) is 0 Å². The molecular weight excluding hydrogens is 422 g/mol. The number of benzene rings is 2. The molecule has 2 rings (SSSR count). The second-order valence-corrected chi connectivity index (χ2v) is 7.37. The summed E-state index contributed by atoms with van der Waals surface area (Å²) in [6.45, 7) is 5.11. The van der Waals surface area contributed by atoms with Crippen LogP contribution in [-0.4, -0.2) is 17.8 Å². The predicted octanol–water partition coefficient (Wildman–Crippen LogP) is 4.82. The maximum absolute atomic E-state index is 10.2. The van der Waals surface area contributed by atoms with E-state index in [0.717, 1.165) is 25.8 Å². The molecule has 0 saturated heterocycles. The summed E-state index contributed by atoms with van der Waals surface area (Å²) in [7, 11) is 0. The first-order chi connectivity index (χ1) is 11.0. The second kappa shape index (κ2) is 8.83. The van der Waals surface area contributed by atoms with E-state index >= 15 is 0 Å². The normalized spacial score (nSPS) is 12.4. The fourth-order valence-corrected chi connectivity index (χ4v) is 3.66. The van der Waals surface area contributed by atoms with Gasteiger partial charge >= 0.3 is 0 Å². The summed E-state index contributed by atoms with van der Waals surface area (Å²) < 4.78 is 7.81. The average Bonchev–Trinajstić information content (AvgIpc) is 2.51. The minimum Gasteiger partial charge on any atom is -0.489 e. The number of hydrogen-bond donors (Lipinski definition) is 2. The molecule has 0 aliphatic carbocycles. The van der Waals surface area contributed by atoms with Crippen LogP contribution in [-0.2, 0) is 6.54 Å². The molecule has 3 nitrogen and oxygen atoms in total. The molecule has 0 aromatic heterocycles. The molecule has 2 aromatic rings. The molecular formula is C18H21Br2NO2. The minimum absolute atomic E-state index is 0.0983. The quantitative estimate of drug-likeness (QED) is 0.645. The number of rotatable bonds is 7. The van der Waals surface area contributed by atoms with E-state index < -0.39 is 6.10 Å². The van der Waals surface area contributed by atoms with Crippen LogP contribution in [0.25, 0.3) is 0 Å². The summed E-state index contributed by atoms with van der Waals surface area (Å²) >= 11 is 7.06. The van der Waals surface area contributed by atoms with Gasteiger partial charge in [-0.1, -0.05) is 46.3 Å². The zero-order valence-electron chi connectivity index (χ0n) is 13.2. The lowest BCUT2D eigenvalue weighted by molar-refractivity contribution is 0.174. The van der Waals surface area contributed by atoms with Crippen molar-refractivity contribution in [2.45, 2.75) is 32.6 Å². The van der Waals surface area contributed by atoms with Crippen molar-refractivity contribution in [2.75, 3.05) is 6.54 Å². The Balaban J connectivity index is 2.02. The Bertz CT molecular complexity index is 632. The lowest BCUT2D eigenvalue weighted by Crippen LogP contribution is -2.22. The number of aliphatic hydroxyl groups excluding tert-OH is 1. The highest BCUT2D eigenvalue weighted by molar-refractivity contribution is 9.11. The van der Waals surface area contributed by atoms with E-state index in [2.05, 4.69) is 37.2 Å². The predicted molar refractivity (Wildman–Crippen MR) is 101 cm³/mol. The largest absolute Gasteiger partial charge is 0.489 e. The molecule has 1 atom stereocenters. The molecule has 2 aromatic carbocycles. The summed E-state index contributed by atoms with van der Waals surface area (Å²) in [5.41, 5.74) is 1.95. The zero-order valence-corrected chi connectivity index (χ0v) is 16.4. The van der Waals surface area contributed by atoms with Crippen LogP contribution in [0.1, 0.15) is 31.1 Å². The summed E-state index contributed by atoms with van der Waals surface area (Å²) in [6.07, 6.45) is -0.428. The van der Waals surface area contributed by atoms with Crippen LogP contribution in [0.2, 0.25) is 0 Å². The first-order valence-corrected chi connectivity index (χ1v) is 9.14. The molecule has 23 heavy (non-hydrogen) atoms. The summed E-state index contributed by atoms with van der Waals surface area (Å²) in [5, 5.41) is 13.5. The van der Waals surface area contributed by atoms with Crippen molar-refractivity contribution in [3.8, 4) is 5.75 Å². The maximum atomic E-state index is 10.2. The third kappa shape index (κ3) is 5.60. The standard InChI is InChI=1S/C18H21Br2NO2/c1-12(2)23-18-14(8-15(19)9-16(18)20)10-21-11-17(22)13-6-4-3-5-7-13/h3-9,12,17,21-22H,10-11H2,1-2H3/t17-/m0/s1. The number of hydrogen-bond acceptors (Lipinski definition) is 3. The van der Waals surface area contributed by atoms with E-state index in [-0.39, 0.29) is 6.10 Å². The summed E-state index contributed by atoms with van der Waals surface area (Å²) in [4.78, 5) is 0. The average molecular weight is 443 g/mol. The van der Waals surface area contributed by atoms with Crippen LogP contribution in [0.15, 0.2) is 51.4 Å². The number of nitrogens with one attached hydrogen (secondary N) is 1. The SMILES string of the molecule is CC(C)Oc1c(Br)cc(Br)cc1CNC[C@H](O)c1ccccc1. The first-order valence-electron chi connectivity index (χ1n) is 7.55. The Hall–Kier alpha value is -0.880. The van der Waals surface area contributed by atoms with Crippen molar-refractivity contribution in [1.29, 1.82) is 0 Å². The van der Waals surface area contributed by atoms with Gasteiger partial charge in [-0.2, -0.15) is 0 Å². The van der Waals surface area contributed by atoms with Crippen LogP contribution < -0.4 is 10.1 Å². The van der Waals surface area contributed by atoms with Gasteiger partial charge in [-0.25, -0.2) is 0 Å². The smallest absolute Gasteiger partial charge is 0.138 e. The van der Waals surface area contributed by atoms with E-state index in [9.17, 15) is 5.11 Å². The molecule has 2 N–H and O–H groups in total. The Labute approximate surface area is 154 Å². The summed E-state index contributed by atoms with van der Waals surface area (Å²) in [6, 6.07) is 13.7. The Morgan fingerprint density at radius 2 is 1.83 bits per heavy atom. The van der Waals surface area contributed by atoms with Gasteiger partial charge in [0, 0.05) is 23.1 Å². The molecule has 0 radical (unpaired) electrons. The van der Waals surface area contributed by atoms with Crippen LogP contribution in [0, 0.1) is 0 Å². The molecule has 0 aliphatic heterocycles. The molecule has 0 amide bonds. The fraction of sp³-hybridized carbons (Fsp3) is 0.333. The highest BCUT2D eigenvalue weighted by Crippen LogP contribution is 2.33. The van der Waals surface area contributed by atoms with E-state index in [1.807, 2.05) is 56.3 Å². The highest BCUT2D eigenvalue weighted by Gasteiger charge is 2.13. The van der Waals surface area contributed by atoms with Crippen molar-refractivity contribution >= 4 is 31.9 Å². The molecule has 5 heteroatoms. The van der Waals surface area contributed by atoms with Crippen molar-refractivity contribution in [3.05, 3.63) is 62.5 Å². The van der Waals surface area contributed by atoms with Gasteiger partial charge < -0.3 is 15.2 Å². The molecule has 0 aliphatic rings. The molecule has 0 saturated carbocycles. The highest BCUT2D eigenvalue weighted by atomic mass is 79.9. The van der Waals surface area contributed by atoms with Crippen molar-refractivity contribution in [3.63, 3.8) is 0 Å². The summed E-state index contributed by atoms with van der Waals surface area (Å²) in [5.74, 6) is 0.838. The fourth-order valence-electron chi connectivity index (χ4n) is 2.25. The first kappa shape index (κ1) is 18.5. The number of aliphatic hydroxyl groups is 1. The van der Waals surface area contributed by atoms with E-state index in [4.69, 9.17) is 4.74 Å². The van der Waals surface area contributed by atoms with E-state index in [0.29, 0.717) is 13.1 Å². The number of halogens is 2. The molecule has 0 fully saturated rings. The Morgan fingerprint density at radius 3 is 2.48 bits per heavy atom. The van der Waals surface area contributed by atoms with Crippen LogP contribution in [0.3, 0.4) is 0 Å². The molecule has 124 valence electrons. The lowest BCUT2D eigenvalue weighted by Gasteiger charge is -2.18. The van der Waals surface area contributed by atoms with Crippen LogP contribution in [0.5, 0.6) is 5.75 Å². The van der Waals surface area contributed by atoms with Gasteiger partial charge in [-0.3, -0.25) is 0 Å². The van der Waals surface area contributed by atoms with Crippen molar-refractivity contribution in [1.82, 2.24) is 5.32 Å². The molecule has 0 spiro atoms. The topological polar surface area (TPSA) is 41.5 Å². The van der Waals surface area contributed by atoms with Gasteiger partial charge in [0.2, 0.25) is 0 Å². The van der Waals surface area contributed by atoms with E-state index in [1.54, 1.807) is 0 Å². The Kier molecular flexibility index (Phi) is 7.09. The van der Waals surface area contributed by atoms with Gasteiger partial charge in [0.25, 0.3) is 0 Å². The Morgan fingerprint density at radius 1 is 1.13 bits per heavy atom. The molecule has 0 heterocycles. The van der Waals surface area contributed by atoms with Gasteiger partial charge in [0.05, 0.1) is 16.7 Å². The van der Waals surface area contributed by atoms with Gasteiger partial charge in [0.1, 0.15) is 5.75 Å². The van der Waals surface area contributed by atoms with Crippen LogP contribution >= 0.6 is 31.9 Å². The van der Waals surface area contributed by atoms with Crippen molar-refractivity contribution in [2.24, 2.45) is 0 Å². The molecule has 0 bridgehead atoms. The van der Waals surface area contributed by atoms with Crippen LogP contribution in [0.4, 0.5) is 0 Å². The van der Waals surface area contributed by atoms with Crippen molar-refractivity contribution < 1.29 is 9.84 Å². The molecule has 0 unspecified atom stereocenters. The third-order valence-electron chi connectivity index (χ3n) is 3.28. The second-order valence-electron chi connectivity index (χ2n) is 5.60. The third-order valence-corrected chi connectivity index (χ3v) is 4.32. The lowest BCUT2D eigenvalue weighted by atomic mass is 10.1.